The number of hydrogen-bond donors (Lipinski definition) is 1. The number of benzene rings is 1. The van der Waals surface area contributed by atoms with Crippen molar-refractivity contribution in [1.82, 2.24) is 0 Å². The van der Waals surface area contributed by atoms with Crippen molar-refractivity contribution in [2.45, 2.75) is 51.9 Å². The minimum absolute atomic E-state index is 0.146. The summed E-state index contributed by atoms with van der Waals surface area (Å²) >= 11 is 0. The standard InChI is InChI=1S/C16H23BN2O3/c1-11-9-18-13-8-12(6-7-14(13)19(11)10-20)17-21-15(2,3)16(4,5)22-17/h6-8,10-11,18H,9H2,1-5H3/t11-/m0/s1. The van der Waals surface area contributed by atoms with Gasteiger partial charge >= 0.3 is 7.12 Å². The average molecular weight is 302 g/mol. The van der Waals surface area contributed by atoms with Gasteiger partial charge in [-0.3, -0.25) is 4.79 Å². The predicted octanol–water partition coefficient (Wildman–Crippen LogP) is 1.76. The van der Waals surface area contributed by atoms with Crippen molar-refractivity contribution in [3.8, 4) is 0 Å². The van der Waals surface area contributed by atoms with Crippen molar-refractivity contribution >= 4 is 30.4 Å². The van der Waals surface area contributed by atoms with E-state index in [1.54, 1.807) is 4.90 Å². The lowest BCUT2D eigenvalue weighted by molar-refractivity contribution is -0.107. The zero-order valence-electron chi connectivity index (χ0n) is 13.8. The molecule has 0 radical (unpaired) electrons. The van der Waals surface area contributed by atoms with Gasteiger partial charge in [-0.25, -0.2) is 0 Å². The molecule has 0 aliphatic carbocycles. The van der Waals surface area contributed by atoms with Crippen molar-refractivity contribution in [2.75, 3.05) is 16.8 Å². The topological polar surface area (TPSA) is 50.8 Å². The minimum Gasteiger partial charge on any atom is -0.399 e. The molecule has 0 aromatic heterocycles. The van der Waals surface area contributed by atoms with Gasteiger partial charge in [-0.05, 0) is 52.2 Å². The summed E-state index contributed by atoms with van der Waals surface area (Å²) in [4.78, 5) is 13.0. The van der Waals surface area contributed by atoms with E-state index in [0.29, 0.717) is 0 Å². The fourth-order valence-electron chi connectivity index (χ4n) is 2.80. The van der Waals surface area contributed by atoms with Crippen molar-refractivity contribution in [2.24, 2.45) is 0 Å². The first kappa shape index (κ1) is 15.4. The highest BCUT2D eigenvalue weighted by molar-refractivity contribution is 6.62. The van der Waals surface area contributed by atoms with Gasteiger partial charge in [0, 0.05) is 6.54 Å². The molecule has 3 rings (SSSR count). The van der Waals surface area contributed by atoms with Gasteiger partial charge < -0.3 is 19.5 Å². The first-order valence-electron chi connectivity index (χ1n) is 7.72. The second-order valence-corrected chi connectivity index (χ2v) is 7.11. The Hall–Kier alpha value is -1.53. The van der Waals surface area contributed by atoms with Crippen LogP contribution >= 0.6 is 0 Å². The molecule has 0 spiro atoms. The van der Waals surface area contributed by atoms with Crippen molar-refractivity contribution in [1.29, 1.82) is 0 Å². The molecule has 1 aromatic rings. The number of nitrogens with one attached hydrogen (secondary N) is 1. The largest absolute Gasteiger partial charge is 0.494 e. The SMILES string of the molecule is C[C@H]1CNc2cc(B3OC(C)(C)C(C)(C)O3)ccc2N1C=O. The smallest absolute Gasteiger partial charge is 0.399 e. The maximum Gasteiger partial charge on any atom is 0.494 e. The van der Waals surface area contributed by atoms with Crippen LogP contribution in [0.5, 0.6) is 0 Å². The molecule has 0 saturated carbocycles. The molecular formula is C16H23BN2O3. The molecule has 1 amide bonds. The van der Waals surface area contributed by atoms with Gasteiger partial charge in [0.25, 0.3) is 0 Å². The molecule has 0 unspecified atom stereocenters. The Morgan fingerprint density at radius 2 is 1.91 bits per heavy atom. The van der Waals surface area contributed by atoms with Crippen LogP contribution in [0.2, 0.25) is 0 Å². The number of nitrogens with zero attached hydrogens (tertiary/aromatic N) is 1. The lowest BCUT2D eigenvalue weighted by Gasteiger charge is -2.33. The van der Waals surface area contributed by atoms with E-state index in [-0.39, 0.29) is 24.4 Å². The summed E-state index contributed by atoms with van der Waals surface area (Å²) in [6.45, 7) is 10.9. The van der Waals surface area contributed by atoms with Crippen LogP contribution in [0.4, 0.5) is 11.4 Å². The summed E-state index contributed by atoms with van der Waals surface area (Å²) in [5.41, 5.74) is 2.09. The van der Waals surface area contributed by atoms with Crippen LogP contribution in [0.25, 0.3) is 0 Å². The van der Waals surface area contributed by atoms with E-state index in [1.807, 2.05) is 52.8 Å². The summed E-state index contributed by atoms with van der Waals surface area (Å²) in [5, 5.41) is 3.37. The summed E-state index contributed by atoms with van der Waals surface area (Å²) in [6.07, 6.45) is 0.888. The summed E-state index contributed by atoms with van der Waals surface area (Å²) < 4.78 is 12.2. The summed E-state index contributed by atoms with van der Waals surface area (Å²) in [7, 11) is -0.388. The van der Waals surface area contributed by atoms with Crippen molar-refractivity contribution < 1.29 is 14.1 Å². The van der Waals surface area contributed by atoms with Gasteiger partial charge in [-0.15, -0.1) is 0 Å². The maximum atomic E-state index is 11.3. The van der Waals surface area contributed by atoms with Crippen molar-refractivity contribution in [3.05, 3.63) is 18.2 Å². The van der Waals surface area contributed by atoms with E-state index in [4.69, 9.17) is 9.31 Å². The molecule has 2 aliphatic heterocycles. The minimum atomic E-state index is -0.388. The third-order valence-electron chi connectivity index (χ3n) is 5.00. The molecule has 1 N–H and O–H groups in total. The quantitative estimate of drug-likeness (QED) is 0.668. The molecule has 1 fully saturated rings. The second-order valence-electron chi connectivity index (χ2n) is 7.11. The molecule has 0 bridgehead atoms. The van der Waals surface area contributed by atoms with Gasteiger partial charge in [0.1, 0.15) is 0 Å². The average Bonchev–Trinajstić information content (AvgIpc) is 2.67. The van der Waals surface area contributed by atoms with E-state index in [0.717, 1.165) is 29.8 Å². The third kappa shape index (κ3) is 2.30. The molecule has 2 aliphatic rings. The number of fused-ring (bicyclic) bond motifs is 1. The Morgan fingerprint density at radius 3 is 2.50 bits per heavy atom. The first-order chi connectivity index (χ1) is 10.2. The van der Waals surface area contributed by atoms with Crippen LogP contribution < -0.4 is 15.7 Å². The monoisotopic (exact) mass is 302 g/mol. The van der Waals surface area contributed by atoms with Crippen LogP contribution in [-0.4, -0.2) is 37.3 Å². The number of anilines is 2. The number of amides is 1. The highest BCUT2D eigenvalue weighted by Gasteiger charge is 2.51. The van der Waals surface area contributed by atoms with Crippen LogP contribution in [0.1, 0.15) is 34.6 Å². The number of carbonyl (C=O) groups is 1. The van der Waals surface area contributed by atoms with Crippen LogP contribution in [-0.2, 0) is 14.1 Å². The fourth-order valence-corrected chi connectivity index (χ4v) is 2.80. The molecule has 22 heavy (non-hydrogen) atoms. The lowest BCUT2D eigenvalue weighted by Crippen LogP contribution is -2.42. The number of hydrogen-bond acceptors (Lipinski definition) is 4. The van der Waals surface area contributed by atoms with E-state index in [1.165, 1.54) is 0 Å². The van der Waals surface area contributed by atoms with E-state index >= 15 is 0 Å². The van der Waals surface area contributed by atoms with Crippen LogP contribution in [0.3, 0.4) is 0 Å². The highest BCUT2D eigenvalue weighted by Crippen LogP contribution is 2.37. The Morgan fingerprint density at radius 1 is 1.27 bits per heavy atom. The molecule has 118 valence electrons. The molecule has 1 aromatic carbocycles. The second kappa shape index (κ2) is 5.00. The fraction of sp³-hybridized carbons (Fsp3) is 0.562. The molecule has 6 heteroatoms. The zero-order valence-corrected chi connectivity index (χ0v) is 13.8. The maximum absolute atomic E-state index is 11.3. The van der Waals surface area contributed by atoms with E-state index < -0.39 is 0 Å². The highest BCUT2D eigenvalue weighted by atomic mass is 16.7. The van der Waals surface area contributed by atoms with Crippen molar-refractivity contribution in [3.63, 3.8) is 0 Å². The molecule has 1 saturated heterocycles. The molecular weight excluding hydrogens is 279 g/mol. The van der Waals surface area contributed by atoms with E-state index in [9.17, 15) is 4.79 Å². The Labute approximate surface area is 132 Å². The zero-order chi connectivity index (χ0) is 16.1. The third-order valence-corrected chi connectivity index (χ3v) is 5.00. The van der Waals surface area contributed by atoms with Crippen LogP contribution in [0, 0.1) is 0 Å². The van der Waals surface area contributed by atoms with Gasteiger partial charge in [0.15, 0.2) is 0 Å². The first-order valence-corrected chi connectivity index (χ1v) is 7.72. The Bertz CT molecular complexity index is 587. The van der Waals surface area contributed by atoms with Crippen LogP contribution in [0.15, 0.2) is 18.2 Å². The van der Waals surface area contributed by atoms with Gasteiger partial charge in [0.2, 0.25) is 6.41 Å². The van der Waals surface area contributed by atoms with Gasteiger partial charge in [-0.2, -0.15) is 0 Å². The predicted molar refractivity (Wildman–Crippen MR) is 88.7 cm³/mol. The van der Waals surface area contributed by atoms with Gasteiger partial charge in [0.05, 0.1) is 28.6 Å². The molecule has 1 atom stereocenters. The van der Waals surface area contributed by atoms with E-state index in [2.05, 4.69) is 5.32 Å². The number of rotatable bonds is 2. The molecule has 2 heterocycles. The number of carbonyl (C=O) groups excluding carboxylic acids is 1. The normalized spacial score (nSPS) is 25.6. The molecule has 5 nitrogen and oxygen atoms in total. The Kier molecular flexibility index (Phi) is 3.49. The summed E-state index contributed by atoms with van der Waals surface area (Å²) in [5.74, 6) is 0. The van der Waals surface area contributed by atoms with Gasteiger partial charge in [-0.1, -0.05) is 6.07 Å². The lowest BCUT2D eigenvalue weighted by atomic mass is 9.78. The summed E-state index contributed by atoms with van der Waals surface area (Å²) in [6, 6.07) is 6.08. The Balaban J connectivity index is 1.91.